The quantitative estimate of drug-likeness (QED) is 0.470. The molecule has 0 aliphatic carbocycles. The van der Waals surface area contributed by atoms with Crippen molar-refractivity contribution in [2.24, 2.45) is 0 Å². The minimum atomic E-state index is -0.228. The van der Waals surface area contributed by atoms with Gasteiger partial charge in [0.05, 0.1) is 18.5 Å². The lowest BCUT2D eigenvalue weighted by atomic mass is 9.96. The molecule has 0 radical (unpaired) electrons. The number of thioether (sulfide) groups is 1. The minimum absolute atomic E-state index is 0.150. The second kappa shape index (κ2) is 8.24. The Morgan fingerprint density at radius 1 is 1.25 bits per heavy atom. The van der Waals surface area contributed by atoms with Gasteiger partial charge < -0.3 is 11.2 Å². The van der Waals surface area contributed by atoms with E-state index in [0.717, 1.165) is 5.56 Å². The standard InChI is InChI=1S/C18H22ClN7OS/c1-18(2,3)16-23-24-17(26(16)20)28-11-15(27)22-14-8-9-21-25(14)10-12-6-4-5-7-13(12)19/h4-9H,10-11,20H2,1-3H3,(H,22,27). The topological polar surface area (TPSA) is 104 Å². The lowest BCUT2D eigenvalue weighted by molar-refractivity contribution is -0.113. The first-order valence-corrected chi connectivity index (χ1v) is 10.0. The predicted octanol–water partition coefficient (Wildman–Crippen LogP) is 2.92. The summed E-state index contributed by atoms with van der Waals surface area (Å²) in [5.41, 5.74) is 0.692. The van der Waals surface area contributed by atoms with Gasteiger partial charge in [-0.3, -0.25) is 4.79 Å². The van der Waals surface area contributed by atoms with E-state index < -0.39 is 0 Å². The van der Waals surface area contributed by atoms with E-state index >= 15 is 0 Å². The van der Waals surface area contributed by atoms with Crippen molar-refractivity contribution in [3.63, 3.8) is 0 Å². The monoisotopic (exact) mass is 419 g/mol. The van der Waals surface area contributed by atoms with Gasteiger partial charge in [-0.15, -0.1) is 10.2 Å². The molecule has 0 aliphatic heterocycles. The molecule has 0 bridgehead atoms. The van der Waals surface area contributed by atoms with Crippen LogP contribution in [0, 0.1) is 0 Å². The number of benzene rings is 1. The third-order valence-corrected chi connectivity index (χ3v) is 5.24. The molecule has 0 aliphatic rings. The third kappa shape index (κ3) is 4.66. The highest BCUT2D eigenvalue weighted by Crippen LogP contribution is 2.23. The van der Waals surface area contributed by atoms with Gasteiger partial charge in [0.2, 0.25) is 11.1 Å². The Kier molecular flexibility index (Phi) is 5.95. The summed E-state index contributed by atoms with van der Waals surface area (Å²) < 4.78 is 3.12. The zero-order valence-electron chi connectivity index (χ0n) is 15.9. The molecule has 0 spiro atoms. The molecule has 3 N–H and O–H groups in total. The predicted molar refractivity (Wildman–Crippen MR) is 111 cm³/mol. The Hall–Kier alpha value is -2.52. The van der Waals surface area contributed by atoms with Gasteiger partial charge in [-0.2, -0.15) is 5.10 Å². The SMILES string of the molecule is CC(C)(C)c1nnc(SCC(=O)Nc2ccnn2Cc2ccccc2Cl)n1N. The van der Waals surface area contributed by atoms with Gasteiger partial charge in [0.1, 0.15) is 5.82 Å². The van der Waals surface area contributed by atoms with E-state index in [0.29, 0.717) is 28.4 Å². The van der Waals surface area contributed by atoms with Crippen LogP contribution >= 0.6 is 23.4 Å². The normalized spacial score (nSPS) is 11.6. The number of aromatic nitrogens is 5. The molecule has 8 nitrogen and oxygen atoms in total. The summed E-state index contributed by atoms with van der Waals surface area (Å²) in [5.74, 6) is 7.26. The number of carbonyl (C=O) groups is 1. The van der Waals surface area contributed by atoms with Gasteiger partial charge in [0, 0.05) is 16.5 Å². The number of nitrogens with one attached hydrogen (secondary N) is 1. The fraction of sp³-hybridized carbons (Fsp3) is 0.333. The third-order valence-electron chi connectivity index (χ3n) is 3.93. The van der Waals surface area contributed by atoms with Crippen molar-refractivity contribution in [2.75, 3.05) is 16.9 Å². The van der Waals surface area contributed by atoms with Crippen molar-refractivity contribution in [3.05, 3.63) is 52.9 Å². The molecule has 0 saturated carbocycles. The van der Waals surface area contributed by atoms with Crippen LogP contribution in [-0.2, 0) is 16.8 Å². The highest BCUT2D eigenvalue weighted by atomic mass is 35.5. The van der Waals surface area contributed by atoms with Crippen molar-refractivity contribution in [3.8, 4) is 0 Å². The summed E-state index contributed by atoms with van der Waals surface area (Å²) in [6.45, 7) is 6.46. The van der Waals surface area contributed by atoms with E-state index in [-0.39, 0.29) is 17.1 Å². The van der Waals surface area contributed by atoms with Crippen LogP contribution in [-0.4, -0.2) is 36.3 Å². The van der Waals surface area contributed by atoms with Crippen LogP contribution in [0.15, 0.2) is 41.7 Å². The van der Waals surface area contributed by atoms with Crippen molar-refractivity contribution < 1.29 is 4.79 Å². The minimum Gasteiger partial charge on any atom is -0.336 e. The highest BCUT2D eigenvalue weighted by Gasteiger charge is 2.23. The summed E-state index contributed by atoms with van der Waals surface area (Å²) in [6.07, 6.45) is 1.63. The number of rotatable bonds is 6. The Morgan fingerprint density at radius 2 is 2.00 bits per heavy atom. The molecule has 2 heterocycles. The maximum Gasteiger partial charge on any atom is 0.235 e. The van der Waals surface area contributed by atoms with E-state index in [1.807, 2.05) is 45.0 Å². The van der Waals surface area contributed by atoms with Gasteiger partial charge in [0.15, 0.2) is 5.82 Å². The van der Waals surface area contributed by atoms with Gasteiger partial charge in [-0.25, -0.2) is 9.36 Å². The summed E-state index contributed by atoms with van der Waals surface area (Å²) in [5, 5.41) is 16.5. The Bertz CT molecular complexity index is 976. The van der Waals surface area contributed by atoms with E-state index in [1.165, 1.54) is 16.4 Å². The van der Waals surface area contributed by atoms with E-state index in [1.54, 1.807) is 16.9 Å². The summed E-state index contributed by atoms with van der Waals surface area (Å²) in [6, 6.07) is 9.27. The summed E-state index contributed by atoms with van der Waals surface area (Å²) in [4.78, 5) is 12.4. The lowest BCUT2D eigenvalue weighted by Gasteiger charge is -2.16. The van der Waals surface area contributed by atoms with Gasteiger partial charge in [0.25, 0.3) is 0 Å². The molecule has 0 atom stereocenters. The molecule has 1 aromatic carbocycles. The fourth-order valence-electron chi connectivity index (χ4n) is 2.55. The average Bonchev–Trinajstić information content (AvgIpc) is 3.21. The van der Waals surface area contributed by atoms with E-state index in [2.05, 4.69) is 20.6 Å². The molecule has 1 amide bonds. The first-order chi connectivity index (χ1) is 13.3. The summed E-state index contributed by atoms with van der Waals surface area (Å²) >= 11 is 7.43. The number of halogens is 1. The lowest BCUT2D eigenvalue weighted by Crippen LogP contribution is -2.24. The Balaban J connectivity index is 1.62. The molecule has 3 aromatic rings. The molecule has 28 heavy (non-hydrogen) atoms. The maximum atomic E-state index is 12.4. The van der Waals surface area contributed by atoms with Crippen molar-refractivity contribution in [1.29, 1.82) is 0 Å². The van der Waals surface area contributed by atoms with Crippen molar-refractivity contribution in [1.82, 2.24) is 24.7 Å². The maximum absolute atomic E-state index is 12.4. The first-order valence-electron chi connectivity index (χ1n) is 8.64. The highest BCUT2D eigenvalue weighted by molar-refractivity contribution is 7.99. The number of hydrogen-bond acceptors (Lipinski definition) is 6. The Morgan fingerprint density at radius 3 is 2.68 bits per heavy atom. The summed E-state index contributed by atoms with van der Waals surface area (Å²) in [7, 11) is 0. The number of anilines is 1. The van der Waals surface area contributed by atoms with Crippen LogP contribution in [0.25, 0.3) is 0 Å². The Labute approximate surface area is 172 Å². The molecule has 2 aromatic heterocycles. The average molecular weight is 420 g/mol. The van der Waals surface area contributed by atoms with Crippen LogP contribution < -0.4 is 11.2 Å². The molecular weight excluding hydrogens is 398 g/mol. The smallest absolute Gasteiger partial charge is 0.235 e. The van der Waals surface area contributed by atoms with Crippen LogP contribution in [0.3, 0.4) is 0 Å². The molecule has 3 rings (SSSR count). The zero-order valence-corrected chi connectivity index (χ0v) is 17.5. The number of nitrogens with zero attached hydrogens (tertiary/aromatic N) is 5. The first kappa shape index (κ1) is 20.2. The van der Waals surface area contributed by atoms with E-state index in [4.69, 9.17) is 17.4 Å². The van der Waals surface area contributed by atoms with Crippen molar-refractivity contribution >= 4 is 35.1 Å². The van der Waals surface area contributed by atoms with Crippen LogP contribution in [0.1, 0.15) is 32.2 Å². The van der Waals surface area contributed by atoms with Crippen LogP contribution in [0.4, 0.5) is 5.82 Å². The van der Waals surface area contributed by atoms with Gasteiger partial charge >= 0.3 is 0 Å². The molecular formula is C18H22ClN7OS. The number of amides is 1. The van der Waals surface area contributed by atoms with Gasteiger partial charge in [-0.1, -0.05) is 62.3 Å². The molecule has 0 fully saturated rings. The molecule has 10 heteroatoms. The molecule has 0 unspecified atom stereocenters. The molecule has 148 valence electrons. The van der Waals surface area contributed by atoms with E-state index in [9.17, 15) is 4.79 Å². The number of nitrogen functional groups attached to an aromatic ring is 1. The van der Waals surface area contributed by atoms with Crippen LogP contribution in [0.2, 0.25) is 5.02 Å². The van der Waals surface area contributed by atoms with Crippen LogP contribution in [0.5, 0.6) is 0 Å². The largest absolute Gasteiger partial charge is 0.336 e. The second-order valence-electron chi connectivity index (χ2n) is 7.23. The number of hydrogen-bond donors (Lipinski definition) is 2. The molecule has 0 saturated heterocycles. The number of carbonyl (C=O) groups excluding carboxylic acids is 1. The van der Waals surface area contributed by atoms with Gasteiger partial charge in [-0.05, 0) is 11.6 Å². The number of nitrogens with two attached hydrogens (primary N) is 1. The van der Waals surface area contributed by atoms with Crippen molar-refractivity contribution in [2.45, 2.75) is 37.9 Å². The fourth-order valence-corrected chi connectivity index (χ4v) is 3.40. The zero-order chi connectivity index (χ0) is 20.3. The second-order valence-corrected chi connectivity index (χ2v) is 8.58.